The molecular formula is C24H17FN2O. The Morgan fingerprint density at radius 3 is 2.46 bits per heavy atom. The van der Waals surface area contributed by atoms with Crippen LogP contribution < -0.4 is 10.2 Å². The number of nitrogens with zero attached hydrogens (tertiary/aromatic N) is 1. The average Bonchev–Trinajstić information content (AvgIpc) is 2.73. The Balaban J connectivity index is 1.75. The molecule has 3 nitrogen and oxygen atoms in total. The van der Waals surface area contributed by atoms with E-state index in [1.54, 1.807) is 11.0 Å². The minimum atomic E-state index is -0.510. The van der Waals surface area contributed by atoms with E-state index in [-0.39, 0.29) is 11.7 Å². The lowest BCUT2D eigenvalue weighted by molar-refractivity contribution is 0.0975. The predicted octanol–water partition coefficient (Wildman–Crippen LogP) is 5.75. The SMILES string of the molecule is O=C1c2ccccc2NC(c2cccc(F)c2)N1c1cccc2ccccc12. The highest BCUT2D eigenvalue weighted by Crippen LogP contribution is 2.39. The lowest BCUT2D eigenvalue weighted by Crippen LogP contribution is -2.43. The predicted molar refractivity (Wildman–Crippen MR) is 110 cm³/mol. The average molecular weight is 368 g/mol. The van der Waals surface area contributed by atoms with Gasteiger partial charge in [0.2, 0.25) is 0 Å². The number of halogens is 1. The number of hydrogen-bond donors (Lipinski definition) is 1. The third-order valence-corrected chi connectivity index (χ3v) is 5.12. The summed E-state index contributed by atoms with van der Waals surface area (Å²) in [5, 5.41) is 5.44. The van der Waals surface area contributed by atoms with Gasteiger partial charge in [0, 0.05) is 11.1 Å². The second-order valence-electron chi connectivity index (χ2n) is 6.82. The maximum atomic E-state index is 14.0. The quantitative estimate of drug-likeness (QED) is 0.489. The minimum absolute atomic E-state index is 0.111. The Labute approximate surface area is 162 Å². The van der Waals surface area contributed by atoms with Crippen LogP contribution in [0.3, 0.4) is 0 Å². The van der Waals surface area contributed by atoms with Gasteiger partial charge in [-0.2, -0.15) is 0 Å². The normalized spacial score (nSPS) is 16.0. The largest absolute Gasteiger partial charge is 0.360 e. The first-order chi connectivity index (χ1) is 13.7. The summed E-state index contributed by atoms with van der Waals surface area (Å²) in [6.07, 6.45) is -0.510. The Bertz CT molecular complexity index is 1200. The van der Waals surface area contributed by atoms with Gasteiger partial charge in [-0.3, -0.25) is 9.69 Å². The first-order valence-corrected chi connectivity index (χ1v) is 9.15. The summed E-state index contributed by atoms with van der Waals surface area (Å²) in [7, 11) is 0. The van der Waals surface area contributed by atoms with Gasteiger partial charge in [-0.15, -0.1) is 0 Å². The van der Waals surface area contributed by atoms with E-state index >= 15 is 0 Å². The van der Waals surface area contributed by atoms with Crippen molar-refractivity contribution in [2.75, 3.05) is 10.2 Å². The van der Waals surface area contributed by atoms with Crippen molar-refractivity contribution in [3.63, 3.8) is 0 Å². The number of hydrogen-bond acceptors (Lipinski definition) is 2. The molecule has 1 atom stereocenters. The number of amides is 1. The summed E-state index contributed by atoms with van der Waals surface area (Å²) in [4.78, 5) is 15.2. The number of fused-ring (bicyclic) bond motifs is 2. The smallest absolute Gasteiger partial charge is 0.262 e. The van der Waals surface area contributed by atoms with E-state index in [9.17, 15) is 9.18 Å². The zero-order valence-corrected chi connectivity index (χ0v) is 15.0. The van der Waals surface area contributed by atoms with Gasteiger partial charge in [0.05, 0.1) is 11.3 Å². The monoisotopic (exact) mass is 368 g/mol. The summed E-state index contributed by atoms with van der Waals surface area (Å²) < 4.78 is 14.0. The van der Waals surface area contributed by atoms with Gasteiger partial charge in [0.1, 0.15) is 12.0 Å². The maximum Gasteiger partial charge on any atom is 0.262 e. The molecule has 4 aromatic rings. The lowest BCUT2D eigenvalue weighted by atomic mass is 10.0. The molecule has 0 fully saturated rings. The number of benzene rings is 4. The van der Waals surface area contributed by atoms with Crippen molar-refractivity contribution in [1.29, 1.82) is 0 Å². The summed E-state index contributed by atoms with van der Waals surface area (Å²) in [5.41, 5.74) is 2.83. The molecule has 5 rings (SSSR count). The topological polar surface area (TPSA) is 32.3 Å². The van der Waals surface area contributed by atoms with Crippen LogP contribution in [-0.4, -0.2) is 5.91 Å². The molecule has 1 amide bonds. The highest BCUT2D eigenvalue weighted by atomic mass is 19.1. The molecule has 0 aromatic heterocycles. The van der Waals surface area contributed by atoms with Gasteiger partial charge >= 0.3 is 0 Å². The van der Waals surface area contributed by atoms with Gasteiger partial charge < -0.3 is 5.32 Å². The second kappa shape index (κ2) is 6.50. The van der Waals surface area contributed by atoms with Crippen LogP contribution >= 0.6 is 0 Å². The number of anilines is 2. The molecule has 4 heteroatoms. The van der Waals surface area contributed by atoms with Crippen LogP contribution in [-0.2, 0) is 0 Å². The number of rotatable bonds is 2. The van der Waals surface area contributed by atoms with Gasteiger partial charge in [0.15, 0.2) is 0 Å². The molecule has 1 aliphatic rings. The summed E-state index contributed by atoms with van der Waals surface area (Å²) in [6, 6.07) is 27.6. The third kappa shape index (κ3) is 2.62. The molecule has 1 heterocycles. The van der Waals surface area contributed by atoms with Crippen molar-refractivity contribution >= 4 is 28.1 Å². The fourth-order valence-corrected chi connectivity index (χ4v) is 3.83. The van der Waals surface area contributed by atoms with E-state index in [1.807, 2.05) is 72.8 Å². The van der Waals surface area contributed by atoms with Gasteiger partial charge in [0.25, 0.3) is 5.91 Å². The highest BCUT2D eigenvalue weighted by Gasteiger charge is 2.34. The zero-order chi connectivity index (χ0) is 19.1. The molecule has 1 N–H and O–H groups in total. The minimum Gasteiger partial charge on any atom is -0.360 e. The molecule has 0 aliphatic carbocycles. The second-order valence-corrected chi connectivity index (χ2v) is 6.82. The van der Waals surface area contributed by atoms with E-state index in [0.29, 0.717) is 11.1 Å². The van der Waals surface area contributed by atoms with E-state index in [0.717, 1.165) is 22.1 Å². The summed E-state index contributed by atoms with van der Waals surface area (Å²) in [6.45, 7) is 0. The first-order valence-electron chi connectivity index (χ1n) is 9.15. The number of carbonyl (C=O) groups is 1. The molecular weight excluding hydrogens is 351 g/mol. The van der Waals surface area contributed by atoms with E-state index in [4.69, 9.17) is 0 Å². The van der Waals surface area contributed by atoms with Crippen molar-refractivity contribution in [3.05, 3.63) is 108 Å². The van der Waals surface area contributed by atoms with Gasteiger partial charge in [-0.05, 0) is 41.3 Å². The maximum absolute atomic E-state index is 14.0. The molecule has 1 unspecified atom stereocenters. The Morgan fingerprint density at radius 1 is 0.821 bits per heavy atom. The summed E-state index contributed by atoms with van der Waals surface area (Å²) >= 11 is 0. The molecule has 136 valence electrons. The Kier molecular flexibility index (Phi) is 3.83. The van der Waals surface area contributed by atoms with Crippen molar-refractivity contribution in [3.8, 4) is 0 Å². The van der Waals surface area contributed by atoms with Gasteiger partial charge in [-0.1, -0.05) is 60.7 Å². The summed E-state index contributed by atoms with van der Waals surface area (Å²) in [5.74, 6) is -0.441. The number of carbonyl (C=O) groups excluding carboxylic acids is 1. The van der Waals surface area contributed by atoms with E-state index < -0.39 is 6.17 Å². The van der Waals surface area contributed by atoms with Crippen molar-refractivity contribution in [2.24, 2.45) is 0 Å². The fourth-order valence-electron chi connectivity index (χ4n) is 3.83. The molecule has 4 aromatic carbocycles. The lowest BCUT2D eigenvalue weighted by Gasteiger charge is -2.38. The van der Waals surface area contributed by atoms with Gasteiger partial charge in [-0.25, -0.2) is 4.39 Å². The molecule has 0 saturated carbocycles. The van der Waals surface area contributed by atoms with Crippen molar-refractivity contribution < 1.29 is 9.18 Å². The van der Waals surface area contributed by atoms with E-state index in [2.05, 4.69) is 5.32 Å². The first kappa shape index (κ1) is 16.5. The molecule has 0 radical (unpaired) electrons. The molecule has 28 heavy (non-hydrogen) atoms. The zero-order valence-electron chi connectivity index (χ0n) is 15.0. The number of para-hydroxylation sites is 1. The molecule has 1 aliphatic heterocycles. The molecule has 0 spiro atoms. The Morgan fingerprint density at radius 2 is 1.57 bits per heavy atom. The molecule has 0 bridgehead atoms. The van der Waals surface area contributed by atoms with Crippen LogP contribution in [0.5, 0.6) is 0 Å². The van der Waals surface area contributed by atoms with Crippen LogP contribution in [0, 0.1) is 5.82 Å². The van der Waals surface area contributed by atoms with Crippen LogP contribution in [0.15, 0.2) is 91.0 Å². The van der Waals surface area contributed by atoms with Crippen molar-refractivity contribution in [1.82, 2.24) is 0 Å². The highest BCUT2D eigenvalue weighted by molar-refractivity contribution is 6.15. The molecule has 0 saturated heterocycles. The standard InChI is InChI=1S/C24H17FN2O/c25-18-10-5-9-17(15-18)23-26-21-13-4-3-12-20(21)24(28)27(23)22-14-6-8-16-7-1-2-11-19(16)22/h1-15,23,26H. The fraction of sp³-hybridized carbons (Fsp3) is 0.0417. The van der Waals surface area contributed by atoms with Crippen LogP contribution in [0.2, 0.25) is 0 Å². The number of nitrogens with one attached hydrogen (secondary N) is 1. The van der Waals surface area contributed by atoms with Crippen LogP contribution in [0.1, 0.15) is 22.1 Å². The van der Waals surface area contributed by atoms with Crippen molar-refractivity contribution in [2.45, 2.75) is 6.17 Å². The van der Waals surface area contributed by atoms with Crippen LogP contribution in [0.25, 0.3) is 10.8 Å². The van der Waals surface area contributed by atoms with E-state index in [1.165, 1.54) is 12.1 Å². The Hall–Kier alpha value is -3.66. The van der Waals surface area contributed by atoms with Crippen LogP contribution in [0.4, 0.5) is 15.8 Å². The third-order valence-electron chi connectivity index (χ3n) is 5.12.